The van der Waals surface area contributed by atoms with E-state index < -0.39 is 11.9 Å². The number of unbranched alkanes of at least 4 members (excludes halogenated alkanes) is 12. The smallest absolute Gasteiger partial charge is 0.339 e. The number of hydrogen-bond donors (Lipinski definition) is 0. The molecule has 0 atom stereocenters. The molecule has 0 bridgehead atoms. The summed E-state index contributed by atoms with van der Waals surface area (Å²) in [6.07, 6.45) is 16.6. The maximum Gasteiger partial charge on any atom is 0.339 e. The van der Waals surface area contributed by atoms with Gasteiger partial charge in [-0.3, -0.25) is 0 Å². The Hall–Kier alpha value is -2.62. The first-order valence-corrected chi connectivity index (χ1v) is 13.6. The Morgan fingerprint density at radius 1 is 0.600 bits per heavy atom. The van der Waals surface area contributed by atoms with Crippen molar-refractivity contribution in [3.63, 3.8) is 0 Å². The molecular formula is C31H44O4. The Morgan fingerprint density at radius 2 is 1.06 bits per heavy atom. The predicted octanol–water partition coefficient (Wildman–Crippen LogP) is 8.60. The Balaban J connectivity index is 1.60. The van der Waals surface area contributed by atoms with Gasteiger partial charge in [-0.1, -0.05) is 120 Å². The standard InChI is InChI=1S/C31H44O4/c1-3-4-5-6-7-8-9-10-11-12-13-14-19-24-34-30(32)28-22-17-18-23-29(28)31(33)35-25-27-21-16-15-20-26(27)2/h15-18,20-23H,3-14,19,24-25H2,1-2H3. The van der Waals surface area contributed by atoms with Crippen LogP contribution < -0.4 is 0 Å². The van der Waals surface area contributed by atoms with Crippen LogP contribution in [0.4, 0.5) is 0 Å². The van der Waals surface area contributed by atoms with Crippen molar-refractivity contribution in [3.8, 4) is 0 Å². The van der Waals surface area contributed by atoms with E-state index in [0.29, 0.717) is 6.61 Å². The lowest BCUT2D eigenvalue weighted by atomic mass is 10.0. The number of carbonyl (C=O) groups is 2. The van der Waals surface area contributed by atoms with Gasteiger partial charge in [0.1, 0.15) is 6.61 Å². The van der Waals surface area contributed by atoms with Gasteiger partial charge in [0.05, 0.1) is 17.7 Å². The van der Waals surface area contributed by atoms with Crippen LogP contribution >= 0.6 is 0 Å². The van der Waals surface area contributed by atoms with Gasteiger partial charge in [0.15, 0.2) is 0 Å². The van der Waals surface area contributed by atoms with Crippen LogP contribution in [0.25, 0.3) is 0 Å². The van der Waals surface area contributed by atoms with Gasteiger partial charge in [-0.25, -0.2) is 9.59 Å². The fourth-order valence-electron chi connectivity index (χ4n) is 4.19. The van der Waals surface area contributed by atoms with Gasteiger partial charge in [0.2, 0.25) is 0 Å². The quantitative estimate of drug-likeness (QED) is 0.158. The maximum atomic E-state index is 12.6. The van der Waals surface area contributed by atoms with Gasteiger partial charge in [0, 0.05) is 0 Å². The number of hydrogen-bond acceptors (Lipinski definition) is 4. The number of benzene rings is 2. The van der Waals surface area contributed by atoms with Crippen molar-refractivity contribution in [1.82, 2.24) is 0 Å². The lowest BCUT2D eigenvalue weighted by molar-refractivity contribution is 0.0436. The van der Waals surface area contributed by atoms with E-state index in [4.69, 9.17) is 9.47 Å². The summed E-state index contributed by atoms with van der Waals surface area (Å²) < 4.78 is 10.9. The second kappa shape index (κ2) is 17.8. The molecule has 0 fully saturated rings. The summed E-state index contributed by atoms with van der Waals surface area (Å²) in [7, 11) is 0. The molecule has 0 saturated carbocycles. The zero-order valence-electron chi connectivity index (χ0n) is 21.9. The summed E-state index contributed by atoms with van der Waals surface area (Å²) in [5, 5.41) is 0. The van der Waals surface area contributed by atoms with E-state index in [1.807, 2.05) is 31.2 Å². The summed E-state index contributed by atoms with van der Waals surface area (Å²) in [5.74, 6) is -0.978. The molecule has 35 heavy (non-hydrogen) atoms. The number of carbonyl (C=O) groups excluding carboxylic acids is 2. The number of esters is 2. The predicted molar refractivity (Wildman–Crippen MR) is 143 cm³/mol. The van der Waals surface area contributed by atoms with E-state index in [2.05, 4.69) is 6.92 Å². The van der Waals surface area contributed by atoms with Gasteiger partial charge in [-0.2, -0.15) is 0 Å². The third-order valence-corrected chi connectivity index (χ3v) is 6.47. The second-order valence-electron chi connectivity index (χ2n) is 9.43. The Bertz CT molecular complexity index is 874. The first-order chi connectivity index (χ1) is 17.1. The van der Waals surface area contributed by atoms with Crippen LogP contribution in [0.3, 0.4) is 0 Å². The third kappa shape index (κ3) is 11.6. The van der Waals surface area contributed by atoms with E-state index in [-0.39, 0.29) is 17.7 Å². The van der Waals surface area contributed by atoms with Crippen molar-refractivity contribution in [2.24, 2.45) is 0 Å². The Kier molecular flexibility index (Phi) is 14.5. The van der Waals surface area contributed by atoms with E-state index in [0.717, 1.165) is 24.0 Å². The average molecular weight is 481 g/mol. The molecule has 2 aromatic rings. The highest BCUT2D eigenvalue weighted by molar-refractivity contribution is 6.03. The van der Waals surface area contributed by atoms with Crippen LogP contribution in [0, 0.1) is 6.92 Å². The fraction of sp³-hybridized carbons (Fsp3) is 0.548. The molecule has 0 aromatic heterocycles. The fourth-order valence-corrected chi connectivity index (χ4v) is 4.19. The molecule has 2 aromatic carbocycles. The molecular weight excluding hydrogens is 436 g/mol. The topological polar surface area (TPSA) is 52.6 Å². The van der Waals surface area contributed by atoms with Crippen molar-refractivity contribution in [2.75, 3.05) is 6.61 Å². The Morgan fingerprint density at radius 3 is 1.60 bits per heavy atom. The van der Waals surface area contributed by atoms with Crippen molar-refractivity contribution < 1.29 is 19.1 Å². The summed E-state index contributed by atoms with van der Waals surface area (Å²) in [6.45, 7) is 4.79. The molecule has 192 valence electrons. The van der Waals surface area contributed by atoms with Crippen LogP contribution in [-0.4, -0.2) is 18.5 Å². The molecule has 0 aliphatic carbocycles. The first-order valence-electron chi connectivity index (χ1n) is 13.6. The van der Waals surface area contributed by atoms with Crippen LogP contribution in [0.2, 0.25) is 0 Å². The van der Waals surface area contributed by atoms with Gasteiger partial charge in [-0.15, -0.1) is 0 Å². The zero-order valence-corrected chi connectivity index (χ0v) is 21.9. The zero-order chi connectivity index (χ0) is 25.1. The number of ether oxygens (including phenoxy) is 2. The highest BCUT2D eigenvalue weighted by atomic mass is 16.5. The van der Waals surface area contributed by atoms with Crippen LogP contribution in [0.15, 0.2) is 48.5 Å². The third-order valence-electron chi connectivity index (χ3n) is 6.47. The van der Waals surface area contributed by atoms with Crippen molar-refractivity contribution in [2.45, 2.75) is 104 Å². The average Bonchev–Trinajstić information content (AvgIpc) is 2.88. The van der Waals surface area contributed by atoms with E-state index in [1.165, 1.54) is 70.6 Å². The molecule has 0 aliphatic rings. The highest BCUT2D eigenvalue weighted by Crippen LogP contribution is 2.16. The molecule has 0 N–H and O–H groups in total. The van der Waals surface area contributed by atoms with Crippen molar-refractivity contribution in [3.05, 3.63) is 70.8 Å². The molecule has 2 rings (SSSR count). The summed E-state index contributed by atoms with van der Waals surface area (Å²) in [5.41, 5.74) is 2.52. The molecule has 0 unspecified atom stereocenters. The largest absolute Gasteiger partial charge is 0.462 e. The summed E-state index contributed by atoms with van der Waals surface area (Å²) >= 11 is 0. The molecule has 0 radical (unpaired) electrons. The first kappa shape index (κ1) is 28.6. The maximum absolute atomic E-state index is 12.6. The van der Waals surface area contributed by atoms with Gasteiger partial charge in [-0.05, 0) is 36.6 Å². The van der Waals surface area contributed by atoms with Crippen LogP contribution in [0.5, 0.6) is 0 Å². The minimum atomic E-state index is -0.512. The minimum Gasteiger partial charge on any atom is -0.462 e. The molecule has 4 heteroatoms. The highest BCUT2D eigenvalue weighted by Gasteiger charge is 2.19. The van der Waals surface area contributed by atoms with Gasteiger partial charge < -0.3 is 9.47 Å². The Labute approximate surface area is 212 Å². The lowest BCUT2D eigenvalue weighted by Crippen LogP contribution is -2.14. The minimum absolute atomic E-state index is 0.174. The van der Waals surface area contributed by atoms with E-state index in [9.17, 15) is 9.59 Å². The van der Waals surface area contributed by atoms with E-state index >= 15 is 0 Å². The van der Waals surface area contributed by atoms with Gasteiger partial charge >= 0.3 is 11.9 Å². The normalized spacial score (nSPS) is 10.8. The summed E-state index contributed by atoms with van der Waals surface area (Å²) in [4.78, 5) is 25.2. The van der Waals surface area contributed by atoms with E-state index in [1.54, 1.807) is 24.3 Å². The van der Waals surface area contributed by atoms with Crippen LogP contribution in [0.1, 0.15) is 122 Å². The number of rotatable bonds is 18. The molecule has 4 nitrogen and oxygen atoms in total. The molecule has 0 amide bonds. The monoisotopic (exact) mass is 480 g/mol. The van der Waals surface area contributed by atoms with Crippen molar-refractivity contribution in [1.29, 1.82) is 0 Å². The number of aryl methyl sites for hydroxylation is 1. The van der Waals surface area contributed by atoms with Crippen LogP contribution in [-0.2, 0) is 16.1 Å². The van der Waals surface area contributed by atoms with Crippen molar-refractivity contribution >= 4 is 11.9 Å². The SMILES string of the molecule is CCCCCCCCCCCCCCCOC(=O)c1ccccc1C(=O)OCc1ccccc1C. The van der Waals surface area contributed by atoms with Gasteiger partial charge in [0.25, 0.3) is 0 Å². The molecule has 0 aliphatic heterocycles. The second-order valence-corrected chi connectivity index (χ2v) is 9.43. The molecule has 0 spiro atoms. The summed E-state index contributed by atoms with van der Waals surface area (Å²) in [6, 6.07) is 14.5. The molecule has 0 saturated heterocycles. The molecule has 0 heterocycles. The lowest BCUT2D eigenvalue weighted by Gasteiger charge is -2.11.